The zero-order valence-electron chi connectivity index (χ0n) is 21.5. The van der Waals surface area contributed by atoms with E-state index in [1.807, 2.05) is 12.1 Å². The number of ether oxygens (including phenoxy) is 2. The topological polar surface area (TPSA) is 140 Å². The maximum Gasteiger partial charge on any atom is 0.302 e. The van der Waals surface area contributed by atoms with Crippen LogP contribution < -0.4 is 19.9 Å². The monoisotopic (exact) mass is 594 g/mol. The van der Waals surface area contributed by atoms with Gasteiger partial charge in [-0.05, 0) is 23.8 Å². The van der Waals surface area contributed by atoms with Crippen molar-refractivity contribution in [1.82, 2.24) is 19.2 Å². The standard InChI is InChI=1S/C25H28F2N6O5S2/c1-37-23-13-22(29-25(30-23)39-16-18-3-2-4-20(26)24(18)27)31-40(35,36)33-11-9-32(10-12-33)14-17-5-7-19(8-6-17)38-15-21(28)34/h2-8,13H,9-12,14-16H2,1H3,(H2,28,34)(H,29,30,31). The lowest BCUT2D eigenvalue weighted by molar-refractivity contribution is -0.119. The van der Waals surface area contributed by atoms with E-state index in [-0.39, 0.29) is 47.9 Å². The summed E-state index contributed by atoms with van der Waals surface area (Å²) >= 11 is 1.02. The van der Waals surface area contributed by atoms with Crippen molar-refractivity contribution in [3.8, 4) is 11.6 Å². The van der Waals surface area contributed by atoms with Crippen LogP contribution in [0.15, 0.2) is 53.7 Å². The molecule has 1 aliphatic heterocycles. The van der Waals surface area contributed by atoms with E-state index in [1.165, 1.54) is 29.6 Å². The molecule has 3 N–H and O–H groups in total. The molecule has 2 aromatic carbocycles. The quantitative estimate of drug-likeness (QED) is 0.239. The van der Waals surface area contributed by atoms with E-state index in [1.54, 1.807) is 12.1 Å². The van der Waals surface area contributed by atoms with E-state index >= 15 is 0 Å². The first kappa shape index (κ1) is 29.5. The van der Waals surface area contributed by atoms with Crippen LogP contribution in [-0.4, -0.2) is 73.4 Å². The molecule has 11 nitrogen and oxygen atoms in total. The number of amides is 1. The highest BCUT2D eigenvalue weighted by atomic mass is 32.2. The first-order valence-corrected chi connectivity index (χ1v) is 14.5. The maximum absolute atomic E-state index is 14.0. The second-order valence-electron chi connectivity index (χ2n) is 8.76. The summed E-state index contributed by atoms with van der Waals surface area (Å²) in [5.41, 5.74) is 6.22. The number of anilines is 1. The maximum atomic E-state index is 14.0. The second kappa shape index (κ2) is 13.2. The summed E-state index contributed by atoms with van der Waals surface area (Å²) in [6, 6.07) is 12.5. The highest BCUT2D eigenvalue weighted by Crippen LogP contribution is 2.26. The SMILES string of the molecule is COc1cc(NS(=O)(=O)N2CCN(Cc3ccc(OCC(N)=O)cc3)CC2)nc(SCc2cccc(F)c2F)n1. The normalized spacial score (nSPS) is 14.6. The van der Waals surface area contributed by atoms with Crippen molar-refractivity contribution in [1.29, 1.82) is 0 Å². The molecular formula is C25H28F2N6O5S2. The largest absolute Gasteiger partial charge is 0.484 e. The lowest BCUT2D eigenvalue weighted by atomic mass is 10.2. The van der Waals surface area contributed by atoms with Crippen LogP contribution in [0.25, 0.3) is 0 Å². The molecular weight excluding hydrogens is 566 g/mol. The number of aromatic nitrogens is 2. The van der Waals surface area contributed by atoms with Gasteiger partial charge >= 0.3 is 10.2 Å². The van der Waals surface area contributed by atoms with Gasteiger partial charge in [0, 0.05) is 50.1 Å². The Morgan fingerprint density at radius 1 is 1.10 bits per heavy atom. The number of benzene rings is 2. The predicted molar refractivity (Wildman–Crippen MR) is 145 cm³/mol. The predicted octanol–water partition coefficient (Wildman–Crippen LogP) is 2.39. The Balaban J connectivity index is 1.33. The van der Waals surface area contributed by atoms with Gasteiger partial charge in [0.25, 0.3) is 5.91 Å². The number of carbonyl (C=O) groups is 1. The summed E-state index contributed by atoms with van der Waals surface area (Å²) in [6.07, 6.45) is 0. The Morgan fingerprint density at radius 2 is 1.82 bits per heavy atom. The molecule has 0 spiro atoms. The van der Waals surface area contributed by atoms with Crippen LogP contribution in [0.1, 0.15) is 11.1 Å². The number of piperazine rings is 1. The molecule has 1 aromatic heterocycles. The van der Waals surface area contributed by atoms with Gasteiger partial charge in [-0.15, -0.1) is 0 Å². The number of nitrogens with two attached hydrogens (primary N) is 1. The lowest BCUT2D eigenvalue weighted by Gasteiger charge is -2.33. The molecule has 1 saturated heterocycles. The van der Waals surface area contributed by atoms with Crippen molar-refractivity contribution in [2.75, 3.05) is 44.6 Å². The molecule has 0 atom stereocenters. The number of halogens is 2. The minimum absolute atomic E-state index is 0.00450. The summed E-state index contributed by atoms with van der Waals surface area (Å²) < 4.78 is 67.9. The molecule has 15 heteroatoms. The molecule has 2 heterocycles. The van der Waals surface area contributed by atoms with Crippen molar-refractivity contribution in [3.63, 3.8) is 0 Å². The molecule has 0 aliphatic carbocycles. The molecule has 0 unspecified atom stereocenters. The highest BCUT2D eigenvalue weighted by molar-refractivity contribution is 7.98. The first-order chi connectivity index (χ1) is 19.1. The van der Waals surface area contributed by atoms with Gasteiger partial charge < -0.3 is 15.2 Å². The van der Waals surface area contributed by atoms with Gasteiger partial charge in [0.15, 0.2) is 23.4 Å². The van der Waals surface area contributed by atoms with E-state index in [0.29, 0.717) is 25.4 Å². The van der Waals surface area contributed by atoms with E-state index in [4.69, 9.17) is 15.2 Å². The van der Waals surface area contributed by atoms with Gasteiger partial charge in [0.1, 0.15) is 11.6 Å². The fourth-order valence-corrected chi connectivity index (χ4v) is 5.82. The molecule has 3 aromatic rings. The van der Waals surface area contributed by atoms with Crippen LogP contribution in [0.4, 0.5) is 14.6 Å². The Morgan fingerprint density at radius 3 is 2.50 bits per heavy atom. The number of methoxy groups -OCH3 is 1. The third kappa shape index (κ3) is 8.00. The number of rotatable bonds is 12. The summed E-state index contributed by atoms with van der Waals surface area (Å²) in [7, 11) is -2.56. The first-order valence-electron chi connectivity index (χ1n) is 12.1. The highest BCUT2D eigenvalue weighted by Gasteiger charge is 2.28. The van der Waals surface area contributed by atoms with Crippen LogP contribution in [-0.2, 0) is 27.3 Å². The van der Waals surface area contributed by atoms with Gasteiger partial charge in [-0.1, -0.05) is 36.0 Å². The minimum Gasteiger partial charge on any atom is -0.484 e. The van der Waals surface area contributed by atoms with Crippen molar-refractivity contribution in [3.05, 3.63) is 71.3 Å². The number of thioether (sulfide) groups is 1. The molecule has 40 heavy (non-hydrogen) atoms. The van der Waals surface area contributed by atoms with Gasteiger partial charge in [-0.2, -0.15) is 17.7 Å². The molecule has 214 valence electrons. The van der Waals surface area contributed by atoms with Crippen LogP contribution in [0.2, 0.25) is 0 Å². The fraction of sp³-hybridized carbons (Fsp3) is 0.320. The smallest absolute Gasteiger partial charge is 0.302 e. The Hall–Kier alpha value is -3.53. The lowest BCUT2D eigenvalue weighted by Crippen LogP contribution is -2.49. The molecule has 0 radical (unpaired) electrons. The number of hydrogen-bond acceptors (Lipinski definition) is 9. The van der Waals surface area contributed by atoms with Crippen molar-refractivity contribution in [2.24, 2.45) is 5.73 Å². The summed E-state index contributed by atoms with van der Waals surface area (Å²) in [5.74, 6) is -1.78. The van der Waals surface area contributed by atoms with Gasteiger partial charge in [0.05, 0.1) is 7.11 Å². The number of carbonyl (C=O) groups excluding carboxylic acids is 1. The average Bonchev–Trinajstić information content (AvgIpc) is 2.93. The molecule has 1 amide bonds. The van der Waals surface area contributed by atoms with Crippen LogP contribution in [0.5, 0.6) is 11.6 Å². The number of hydrogen-bond donors (Lipinski definition) is 2. The van der Waals surface area contributed by atoms with E-state index in [0.717, 1.165) is 23.4 Å². The third-order valence-electron chi connectivity index (χ3n) is 5.89. The minimum atomic E-state index is -3.94. The van der Waals surface area contributed by atoms with Crippen LogP contribution in [0.3, 0.4) is 0 Å². The Labute approximate surface area is 234 Å². The summed E-state index contributed by atoms with van der Waals surface area (Å²) in [4.78, 5) is 21.4. The van der Waals surface area contributed by atoms with Crippen molar-refractivity contribution < 1.29 is 31.5 Å². The number of nitrogens with one attached hydrogen (secondary N) is 1. The molecule has 0 saturated carbocycles. The summed E-state index contributed by atoms with van der Waals surface area (Å²) in [6.45, 7) is 1.96. The van der Waals surface area contributed by atoms with E-state index < -0.39 is 27.8 Å². The van der Waals surface area contributed by atoms with Gasteiger partial charge in [-0.25, -0.2) is 13.8 Å². The van der Waals surface area contributed by atoms with E-state index in [9.17, 15) is 22.0 Å². The molecule has 1 fully saturated rings. The van der Waals surface area contributed by atoms with Gasteiger partial charge in [-0.3, -0.25) is 14.4 Å². The molecule has 0 bridgehead atoms. The zero-order valence-corrected chi connectivity index (χ0v) is 23.2. The van der Waals surface area contributed by atoms with Crippen molar-refractivity contribution >= 4 is 33.7 Å². The van der Waals surface area contributed by atoms with Crippen molar-refractivity contribution in [2.45, 2.75) is 17.5 Å². The fourth-order valence-electron chi connectivity index (χ4n) is 3.86. The number of primary amides is 1. The van der Waals surface area contributed by atoms with E-state index in [2.05, 4.69) is 19.6 Å². The third-order valence-corrected chi connectivity index (χ3v) is 8.30. The molecule has 4 rings (SSSR count). The van der Waals surface area contributed by atoms with Crippen LogP contribution >= 0.6 is 11.8 Å². The second-order valence-corrected chi connectivity index (χ2v) is 11.4. The summed E-state index contributed by atoms with van der Waals surface area (Å²) in [5, 5.41) is 0.136. The average molecular weight is 595 g/mol. The number of nitrogens with zero attached hydrogens (tertiary/aromatic N) is 4. The molecule has 1 aliphatic rings. The van der Waals surface area contributed by atoms with Gasteiger partial charge in [0.2, 0.25) is 5.88 Å². The zero-order chi connectivity index (χ0) is 28.7. The Bertz CT molecular complexity index is 1440. The van der Waals surface area contributed by atoms with Crippen LogP contribution in [0, 0.1) is 11.6 Å². The Kier molecular flexibility index (Phi) is 9.73.